The van der Waals surface area contributed by atoms with E-state index < -0.39 is 0 Å². The highest BCUT2D eigenvalue weighted by Gasteiger charge is 2.29. The molecule has 1 aromatic heterocycles. The molecule has 2 heterocycles. The van der Waals surface area contributed by atoms with Gasteiger partial charge in [-0.15, -0.1) is 24.8 Å². The first kappa shape index (κ1) is 21.4. The van der Waals surface area contributed by atoms with Gasteiger partial charge < -0.3 is 10.2 Å². The van der Waals surface area contributed by atoms with Crippen molar-refractivity contribution in [3.05, 3.63) is 53.9 Å². The molecule has 6 heteroatoms. The van der Waals surface area contributed by atoms with Gasteiger partial charge >= 0.3 is 0 Å². The van der Waals surface area contributed by atoms with Crippen LogP contribution in [0.2, 0.25) is 0 Å². The zero-order chi connectivity index (χ0) is 16.2. The zero-order valence-electron chi connectivity index (χ0n) is 14.6. The molecule has 1 saturated heterocycles. The van der Waals surface area contributed by atoms with E-state index in [2.05, 4.69) is 41.5 Å². The van der Waals surface area contributed by atoms with Crippen LogP contribution >= 0.6 is 24.8 Å². The lowest BCUT2D eigenvalue weighted by molar-refractivity contribution is 0.0736. The summed E-state index contributed by atoms with van der Waals surface area (Å²) in [6.45, 7) is 3.74. The second-order valence-corrected chi connectivity index (χ2v) is 6.18. The molecule has 25 heavy (non-hydrogen) atoms. The zero-order valence-corrected chi connectivity index (χ0v) is 16.2. The maximum atomic E-state index is 12.8. The molecule has 2 aromatic rings. The van der Waals surface area contributed by atoms with Crippen molar-refractivity contribution in [2.24, 2.45) is 0 Å². The highest BCUT2D eigenvalue weighted by atomic mass is 35.5. The quantitative estimate of drug-likeness (QED) is 0.877. The minimum atomic E-state index is 0. The first-order chi connectivity index (χ1) is 11.2. The summed E-state index contributed by atoms with van der Waals surface area (Å²) in [5, 5.41) is 3.18. The molecule has 3 rings (SSSR count). The number of hydrogen-bond donors (Lipinski definition) is 1. The summed E-state index contributed by atoms with van der Waals surface area (Å²) in [7, 11) is 1.93. The molecule has 0 radical (unpaired) electrons. The van der Waals surface area contributed by atoms with E-state index in [1.807, 2.05) is 24.2 Å². The molecular formula is C19H25Cl2N3O. The summed E-state index contributed by atoms with van der Waals surface area (Å²) in [6.07, 6.45) is 5.63. The third kappa shape index (κ3) is 4.94. The van der Waals surface area contributed by atoms with Crippen LogP contribution in [0.25, 0.3) is 11.1 Å². The third-order valence-corrected chi connectivity index (χ3v) is 4.45. The molecule has 0 saturated carbocycles. The van der Waals surface area contributed by atoms with Crippen LogP contribution in [0.1, 0.15) is 28.8 Å². The standard InChI is InChI=1S/C19H23N3O.2ClH/c1-14-5-7-15(8-6-14)16-10-17(12-21-11-16)19(23)22-9-3-4-18(22)13-20-2;;/h5-8,10-12,18,20H,3-4,9,13H2,1-2H3;2*1H. The van der Waals surface area contributed by atoms with Crippen molar-refractivity contribution in [1.29, 1.82) is 0 Å². The summed E-state index contributed by atoms with van der Waals surface area (Å²) < 4.78 is 0. The van der Waals surface area contributed by atoms with Crippen molar-refractivity contribution in [3.8, 4) is 11.1 Å². The Kier molecular flexibility index (Phi) is 8.36. The molecule has 1 atom stereocenters. The first-order valence-corrected chi connectivity index (χ1v) is 8.16. The Hall–Kier alpha value is -1.62. The molecule has 136 valence electrons. The summed E-state index contributed by atoms with van der Waals surface area (Å²) in [6, 6.07) is 10.5. The number of aromatic nitrogens is 1. The van der Waals surface area contributed by atoms with E-state index in [0.29, 0.717) is 5.56 Å². The first-order valence-electron chi connectivity index (χ1n) is 8.16. The van der Waals surface area contributed by atoms with Gasteiger partial charge in [0.1, 0.15) is 0 Å². The third-order valence-electron chi connectivity index (χ3n) is 4.45. The van der Waals surface area contributed by atoms with Gasteiger partial charge in [-0.25, -0.2) is 0 Å². The summed E-state index contributed by atoms with van der Waals surface area (Å²) in [5.41, 5.74) is 3.97. The van der Waals surface area contributed by atoms with Gasteiger partial charge in [0.2, 0.25) is 0 Å². The number of nitrogens with one attached hydrogen (secondary N) is 1. The number of carbonyl (C=O) groups is 1. The SMILES string of the molecule is CNCC1CCCN1C(=O)c1cncc(-c2ccc(C)cc2)c1.Cl.Cl. The van der Waals surface area contributed by atoms with Gasteiger partial charge in [-0.2, -0.15) is 0 Å². The lowest BCUT2D eigenvalue weighted by atomic mass is 10.0. The lowest BCUT2D eigenvalue weighted by Gasteiger charge is -2.24. The number of halogens is 2. The van der Waals surface area contributed by atoms with Crippen LogP contribution in [0, 0.1) is 6.92 Å². The molecule has 1 aliphatic heterocycles. The van der Waals surface area contributed by atoms with E-state index in [0.717, 1.165) is 37.1 Å². The molecule has 1 N–H and O–H groups in total. The Labute approximate surface area is 161 Å². The molecule has 0 bridgehead atoms. The van der Waals surface area contributed by atoms with Crippen molar-refractivity contribution in [2.45, 2.75) is 25.8 Å². The van der Waals surface area contributed by atoms with E-state index >= 15 is 0 Å². The van der Waals surface area contributed by atoms with E-state index in [1.54, 1.807) is 6.20 Å². The number of likely N-dealkylation sites (tertiary alicyclic amines) is 1. The van der Waals surface area contributed by atoms with Crippen molar-refractivity contribution in [2.75, 3.05) is 20.1 Å². The maximum absolute atomic E-state index is 12.8. The van der Waals surface area contributed by atoms with Crippen molar-refractivity contribution in [3.63, 3.8) is 0 Å². The van der Waals surface area contributed by atoms with E-state index in [4.69, 9.17) is 0 Å². The van der Waals surface area contributed by atoms with Gasteiger partial charge in [0.25, 0.3) is 5.91 Å². The predicted octanol–water partition coefficient (Wildman–Crippen LogP) is 3.72. The second kappa shape index (κ2) is 9.76. The molecule has 1 fully saturated rings. The highest BCUT2D eigenvalue weighted by Crippen LogP contribution is 2.23. The number of amides is 1. The number of hydrogen-bond acceptors (Lipinski definition) is 3. The molecule has 0 spiro atoms. The fraction of sp³-hybridized carbons (Fsp3) is 0.368. The van der Waals surface area contributed by atoms with Gasteiger partial charge in [-0.1, -0.05) is 29.8 Å². The molecule has 0 aliphatic carbocycles. The normalized spacial score (nSPS) is 16.1. The van der Waals surface area contributed by atoms with E-state index in [9.17, 15) is 4.79 Å². The molecule has 1 aliphatic rings. The van der Waals surface area contributed by atoms with Crippen LogP contribution in [0.15, 0.2) is 42.7 Å². The Morgan fingerprint density at radius 1 is 1.20 bits per heavy atom. The van der Waals surface area contributed by atoms with Crippen molar-refractivity contribution < 1.29 is 4.79 Å². The van der Waals surface area contributed by atoms with E-state index in [-0.39, 0.29) is 36.8 Å². The van der Waals surface area contributed by atoms with Crippen LogP contribution in [0.4, 0.5) is 0 Å². The Morgan fingerprint density at radius 2 is 1.92 bits per heavy atom. The average Bonchev–Trinajstić information content (AvgIpc) is 3.03. The number of benzene rings is 1. The number of rotatable bonds is 4. The number of likely N-dealkylation sites (N-methyl/N-ethyl adjacent to an activating group) is 1. The van der Waals surface area contributed by atoms with E-state index in [1.165, 1.54) is 5.56 Å². The van der Waals surface area contributed by atoms with Crippen molar-refractivity contribution >= 4 is 30.7 Å². The van der Waals surface area contributed by atoms with Gasteiger partial charge in [0.15, 0.2) is 0 Å². The fourth-order valence-electron chi connectivity index (χ4n) is 3.18. The second-order valence-electron chi connectivity index (χ2n) is 6.18. The smallest absolute Gasteiger partial charge is 0.255 e. The minimum absolute atomic E-state index is 0. The molecular weight excluding hydrogens is 357 g/mol. The Morgan fingerprint density at radius 3 is 2.60 bits per heavy atom. The number of carbonyl (C=O) groups excluding carboxylic acids is 1. The number of nitrogens with zero attached hydrogens (tertiary/aromatic N) is 2. The van der Waals surface area contributed by atoms with Gasteiger partial charge in [0, 0.05) is 37.1 Å². The molecule has 4 nitrogen and oxygen atoms in total. The van der Waals surface area contributed by atoms with Crippen LogP contribution < -0.4 is 5.32 Å². The van der Waals surface area contributed by atoms with Crippen molar-refractivity contribution in [1.82, 2.24) is 15.2 Å². The fourth-order valence-corrected chi connectivity index (χ4v) is 3.18. The molecule has 1 unspecified atom stereocenters. The van der Waals surface area contributed by atoms with Gasteiger partial charge in [0.05, 0.1) is 5.56 Å². The highest BCUT2D eigenvalue weighted by molar-refractivity contribution is 5.95. The van der Waals surface area contributed by atoms with Crippen LogP contribution in [-0.4, -0.2) is 42.0 Å². The Balaban J connectivity index is 0.00000156. The number of pyridine rings is 1. The predicted molar refractivity (Wildman–Crippen MR) is 107 cm³/mol. The summed E-state index contributed by atoms with van der Waals surface area (Å²) in [4.78, 5) is 19.1. The monoisotopic (exact) mass is 381 g/mol. The molecule has 1 aromatic carbocycles. The minimum Gasteiger partial charge on any atom is -0.334 e. The summed E-state index contributed by atoms with van der Waals surface area (Å²) in [5.74, 6) is 0.0872. The van der Waals surface area contributed by atoms with Gasteiger partial charge in [-0.3, -0.25) is 9.78 Å². The lowest BCUT2D eigenvalue weighted by Crippen LogP contribution is -2.40. The van der Waals surface area contributed by atoms with Crippen LogP contribution in [-0.2, 0) is 0 Å². The van der Waals surface area contributed by atoms with Crippen LogP contribution in [0.5, 0.6) is 0 Å². The topological polar surface area (TPSA) is 45.2 Å². The average molecular weight is 382 g/mol. The molecule has 1 amide bonds. The number of aryl methyl sites for hydroxylation is 1. The Bertz CT molecular complexity index is 691. The largest absolute Gasteiger partial charge is 0.334 e. The van der Waals surface area contributed by atoms with Gasteiger partial charge in [-0.05, 0) is 38.4 Å². The van der Waals surface area contributed by atoms with Crippen LogP contribution in [0.3, 0.4) is 0 Å². The summed E-state index contributed by atoms with van der Waals surface area (Å²) >= 11 is 0. The maximum Gasteiger partial charge on any atom is 0.255 e.